The Hall–Kier alpha value is -1.23. The van der Waals surface area contributed by atoms with Gasteiger partial charge in [-0.1, -0.05) is 30.3 Å². The molecule has 3 nitrogen and oxygen atoms in total. The predicted octanol–water partition coefficient (Wildman–Crippen LogP) is 2.53. The van der Waals surface area contributed by atoms with Crippen molar-refractivity contribution in [3.05, 3.63) is 52.5 Å². The van der Waals surface area contributed by atoms with E-state index in [2.05, 4.69) is 17.2 Å². The molecular weight excluding hydrogens is 232 g/mol. The molecule has 0 aliphatic heterocycles. The van der Waals surface area contributed by atoms with Crippen LogP contribution < -0.4 is 5.32 Å². The van der Waals surface area contributed by atoms with Gasteiger partial charge in [-0.05, 0) is 12.5 Å². The maximum Gasteiger partial charge on any atom is 0.0795 e. The lowest BCUT2D eigenvalue weighted by Crippen LogP contribution is -2.27. The fraction of sp³-hybridized carbons (Fsp3) is 0.308. The highest BCUT2D eigenvalue weighted by atomic mass is 32.1. The lowest BCUT2D eigenvalue weighted by Gasteiger charge is -2.21. The van der Waals surface area contributed by atoms with Crippen LogP contribution in [0.2, 0.25) is 0 Å². The summed E-state index contributed by atoms with van der Waals surface area (Å²) >= 11 is 1.58. The van der Waals surface area contributed by atoms with Crippen molar-refractivity contribution in [3.8, 4) is 0 Å². The van der Waals surface area contributed by atoms with Crippen LogP contribution in [0.4, 0.5) is 0 Å². The van der Waals surface area contributed by atoms with Crippen molar-refractivity contribution in [2.45, 2.75) is 19.0 Å². The van der Waals surface area contributed by atoms with Gasteiger partial charge < -0.3 is 5.11 Å². The van der Waals surface area contributed by atoms with Crippen LogP contribution in [0.5, 0.6) is 0 Å². The molecule has 0 aliphatic rings. The fourth-order valence-corrected chi connectivity index (χ4v) is 2.41. The second-order valence-electron chi connectivity index (χ2n) is 3.95. The van der Waals surface area contributed by atoms with Crippen LogP contribution in [0.25, 0.3) is 0 Å². The molecule has 1 aromatic carbocycles. The Kier molecular flexibility index (Phi) is 4.25. The van der Waals surface area contributed by atoms with Crippen LogP contribution in [0.3, 0.4) is 0 Å². The number of benzene rings is 1. The van der Waals surface area contributed by atoms with Crippen molar-refractivity contribution >= 4 is 11.3 Å². The monoisotopic (exact) mass is 248 g/mol. The van der Waals surface area contributed by atoms with Gasteiger partial charge in [-0.3, -0.25) is 5.32 Å². The number of aromatic nitrogens is 1. The molecule has 2 rings (SSSR count). The Morgan fingerprint density at radius 1 is 1.35 bits per heavy atom. The summed E-state index contributed by atoms with van der Waals surface area (Å²) in [5.41, 5.74) is 3.94. The van der Waals surface area contributed by atoms with E-state index in [0.717, 1.165) is 11.3 Å². The van der Waals surface area contributed by atoms with Gasteiger partial charge in [-0.2, -0.15) is 0 Å². The summed E-state index contributed by atoms with van der Waals surface area (Å²) in [6.07, 6.45) is 0. The van der Waals surface area contributed by atoms with Gasteiger partial charge in [0.2, 0.25) is 0 Å². The molecule has 1 unspecified atom stereocenters. The van der Waals surface area contributed by atoms with Gasteiger partial charge in [0, 0.05) is 11.4 Å². The van der Waals surface area contributed by atoms with Gasteiger partial charge in [0.15, 0.2) is 0 Å². The molecule has 2 N–H and O–H groups in total. The van der Waals surface area contributed by atoms with Crippen LogP contribution in [0, 0.1) is 0 Å². The SMILES string of the molecule is CC(N[C@@H](CO)c1ccccc1)c1cscn1. The standard InChI is InChI=1S/C13H16N2OS/c1-10(13-8-17-9-14-13)15-12(7-16)11-5-3-2-4-6-11/h2-6,8-10,12,15-16H,7H2,1H3/t10?,12-/m0/s1. The molecule has 0 radical (unpaired) electrons. The van der Waals surface area contributed by atoms with Gasteiger partial charge in [0.25, 0.3) is 0 Å². The van der Waals surface area contributed by atoms with E-state index in [-0.39, 0.29) is 18.7 Å². The molecule has 0 amide bonds. The van der Waals surface area contributed by atoms with E-state index in [4.69, 9.17) is 0 Å². The number of thiazole rings is 1. The van der Waals surface area contributed by atoms with Crippen LogP contribution in [-0.2, 0) is 0 Å². The molecule has 0 saturated heterocycles. The number of nitrogens with zero attached hydrogens (tertiary/aromatic N) is 1. The molecule has 0 saturated carbocycles. The summed E-state index contributed by atoms with van der Waals surface area (Å²) in [5, 5.41) is 14.8. The van der Waals surface area contributed by atoms with E-state index in [9.17, 15) is 5.11 Å². The highest BCUT2D eigenvalue weighted by Crippen LogP contribution is 2.19. The van der Waals surface area contributed by atoms with Gasteiger partial charge >= 0.3 is 0 Å². The number of nitrogens with one attached hydrogen (secondary N) is 1. The predicted molar refractivity (Wildman–Crippen MR) is 69.9 cm³/mol. The Morgan fingerprint density at radius 2 is 2.12 bits per heavy atom. The Morgan fingerprint density at radius 3 is 2.71 bits per heavy atom. The van der Waals surface area contributed by atoms with Crippen LogP contribution >= 0.6 is 11.3 Å². The minimum Gasteiger partial charge on any atom is -0.394 e. The van der Waals surface area contributed by atoms with Crippen LogP contribution in [0.1, 0.15) is 30.3 Å². The third-order valence-electron chi connectivity index (χ3n) is 2.73. The third-order valence-corrected chi connectivity index (χ3v) is 3.34. The minimum absolute atomic E-state index is 0.0482. The zero-order valence-electron chi connectivity index (χ0n) is 9.71. The molecule has 0 aliphatic carbocycles. The summed E-state index contributed by atoms with van der Waals surface area (Å²) in [6, 6.07) is 10.1. The van der Waals surface area contributed by atoms with Crippen molar-refractivity contribution in [1.29, 1.82) is 0 Å². The second-order valence-corrected chi connectivity index (χ2v) is 4.67. The largest absolute Gasteiger partial charge is 0.394 e. The number of aliphatic hydroxyl groups is 1. The zero-order chi connectivity index (χ0) is 12.1. The summed E-state index contributed by atoms with van der Waals surface area (Å²) in [4.78, 5) is 4.27. The Bertz CT molecular complexity index is 430. The van der Waals surface area contributed by atoms with Gasteiger partial charge in [-0.15, -0.1) is 11.3 Å². The second kappa shape index (κ2) is 5.91. The zero-order valence-corrected chi connectivity index (χ0v) is 10.5. The molecule has 1 aromatic heterocycles. The number of rotatable bonds is 5. The maximum absolute atomic E-state index is 9.45. The normalized spacial score (nSPS) is 14.5. The minimum atomic E-state index is -0.0482. The summed E-state index contributed by atoms with van der Waals surface area (Å²) in [7, 11) is 0. The molecule has 0 spiro atoms. The fourth-order valence-electron chi connectivity index (χ4n) is 1.76. The lowest BCUT2D eigenvalue weighted by molar-refractivity contribution is 0.235. The number of aliphatic hydroxyl groups excluding tert-OH is 1. The van der Waals surface area contributed by atoms with E-state index in [1.54, 1.807) is 11.3 Å². The van der Waals surface area contributed by atoms with E-state index in [1.165, 1.54) is 0 Å². The topological polar surface area (TPSA) is 45.1 Å². The lowest BCUT2D eigenvalue weighted by atomic mass is 10.1. The summed E-state index contributed by atoms with van der Waals surface area (Å²) in [6.45, 7) is 2.14. The quantitative estimate of drug-likeness (QED) is 0.854. The van der Waals surface area contributed by atoms with E-state index in [1.807, 2.05) is 41.2 Å². The Balaban J connectivity index is 2.06. The van der Waals surface area contributed by atoms with Crippen molar-refractivity contribution < 1.29 is 5.11 Å². The first-order valence-electron chi connectivity index (χ1n) is 5.61. The van der Waals surface area contributed by atoms with Gasteiger partial charge in [-0.25, -0.2) is 4.98 Å². The number of hydrogen-bond donors (Lipinski definition) is 2. The number of hydrogen-bond acceptors (Lipinski definition) is 4. The van der Waals surface area contributed by atoms with Crippen molar-refractivity contribution in [3.63, 3.8) is 0 Å². The smallest absolute Gasteiger partial charge is 0.0795 e. The van der Waals surface area contributed by atoms with Crippen molar-refractivity contribution in [2.75, 3.05) is 6.61 Å². The third kappa shape index (κ3) is 3.12. The van der Waals surface area contributed by atoms with Crippen molar-refractivity contribution in [1.82, 2.24) is 10.3 Å². The molecule has 0 fully saturated rings. The highest BCUT2D eigenvalue weighted by Gasteiger charge is 2.15. The molecular formula is C13H16N2OS. The molecule has 2 atom stereocenters. The molecule has 2 aromatic rings. The average Bonchev–Trinajstić information content (AvgIpc) is 2.90. The van der Waals surface area contributed by atoms with Crippen LogP contribution in [-0.4, -0.2) is 16.7 Å². The summed E-state index contributed by atoms with van der Waals surface area (Å²) in [5.74, 6) is 0. The van der Waals surface area contributed by atoms with Gasteiger partial charge in [0.1, 0.15) is 0 Å². The first-order chi connectivity index (χ1) is 8.31. The first kappa shape index (κ1) is 12.2. The maximum atomic E-state index is 9.45. The first-order valence-corrected chi connectivity index (χ1v) is 6.55. The van der Waals surface area contributed by atoms with E-state index in [0.29, 0.717) is 0 Å². The van der Waals surface area contributed by atoms with Gasteiger partial charge in [0.05, 0.1) is 23.9 Å². The summed E-state index contributed by atoms with van der Waals surface area (Å²) < 4.78 is 0. The van der Waals surface area contributed by atoms with Crippen molar-refractivity contribution in [2.24, 2.45) is 0 Å². The molecule has 17 heavy (non-hydrogen) atoms. The van der Waals surface area contributed by atoms with E-state index >= 15 is 0 Å². The molecule has 1 heterocycles. The average molecular weight is 248 g/mol. The highest BCUT2D eigenvalue weighted by molar-refractivity contribution is 7.07. The Labute approximate surface area is 105 Å². The van der Waals surface area contributed by atoms with Crippen LogP contribution in [0.15, 0.2) is 41.2 Å². The molecule has 90 valence electrons. The molecule has 0 bridgehead atoms. The molecule has 4 heteroatoms. The van der Waals surface area contributed by atoms with E-state index < -0.39 is 0 Å².